The van der Waals surface area contributed by atoms with Gasteiger partial charge in [-0.05, 0) is 44.1 Å². The van der Waals surface area contributed by atoms with Crippen molar-refractivity contribution in [2.45, 2.75) is 44.6 Å². The molecule has 0 unspecified atom stereocenters. The Morgan fingerprint density at radius 3 is 2.64 bits per heavy atom. The maximum absolute atomic E-state index is 12.4. The van der Waals surface area contributed by atoms with E-state index in [1.165, 1.54) is 11.1 Å². The molecule has 1 aromatic carbocycles. The largest absolute Gasteiger partial charge is 0.504 e. The van der Waals surface area contributed by atoms with Gasteiger partial charge in [-0.25, -0.2) is 4.79 Å². The number of aliphatic hydroxyl groups excluding tert-OH is 1. The summed E-state index contributed by atoms with van der Waals surface area (Å²) >= 11 is 0. The van der Waals surface area contributed by atoms with Crippen LogP contribution in [0.2, 0.25) is 0 Å². The Labute approximate surface area is 147 Å². The van der Waals surface area contributed by atoms with Crippen molar-refractivity contribution in [3.63, 3.8) is 0 Å². The normalized spacial score (nSPS) is 23.7. The molecule has 3 rings (SSSR count). The number of carbonyl (C=O) groups is 2. The lowest BCUT2D eigenvalue weighted by atomic mass is 9.81. The molecular weight excluding hydrogens is 318 g/mol. The van der Waals surface area contributed by atoms with Gasteiger partial charge in [0.1, 0.15) is 0 Å². The molecule has 0 radical (unpaired) electrons. The molecule has 3 amide bonds. The Hall–Kier alpha value is -2.76. The number of hydrogen-bond acceptors (Lipinski definition) is 3. The highest BCUT2D eigenvalue weighted by Crippen LogP contribution is 2.33. The van der Waals surface area contributed by atoms with Gasteiger partial charge in [-0.2, -0.15) is 0 Å². The lowest BCUT2D eigenvalue weighted by Crippen LogP contribution is -2.47. The van der Waals surface area contributed by atoms with Crippen LogP contribution in [-0.4, -0.2) is 23.1 Å². The third kappa shape index (κ3) is 3.84. The molecule has 2 aliphatic rings. The number of carbonyl (C=O) groups excluding carboxylic acids is 2. The zero-order valence-electron chi connectivity index (χ0n) is 14.3. The molecule has 4 N–H and O–H groups in total. The molecule has 1 saturated carbocycles. The number of benzene rings is 1. The van der Waals surface area contributed by atoms with Crippen LogP contribution in [0.4, 0.5) is 4.79 Å². The van der Waals surface area contributed by atoms with E-state index in [0.29, 0.717) is 5.92 Å². The first-order valence-electron chi connectivity index (χ1n) is 8.52. The van der Waals surface area contributed by atoms with Gasteiger partial charge >= 0.3 is 6.03 Å². The van der Waals surface area contributed by atoms with Crippen molar-refractivity contribution < 1.29 is 14.7 Å². The fourth-order valence-electron chi connectivity index (χ4n) is 3.47. The summed E-state index contributed by atoms with van der Waals surface area (Å²) in [5.41, 5.74) is 2.50. The van der Waals surface area contributed by atoms with Gasteiger partial charge in [0.15, 0.2) is 11.5 Å². The number of hydrogen-bond donors (Lipinski definition) is 4. The van der Waals surface area contributed by atoms with Crippen LogP contribution in [0.1, 0.15) is 42.7 Å². The summed E-state index contributed by atoms with van der Waals surface area (Å²) in [4.78, 5) is 23.8. The zero-order chi connectivity index (χ0) is 18.0. The van der Waals surface area contributed by atoms with Gasteiger partial charge in [-0.1, -0.05) is 36.4 Å². The van der Waals surface area contributed by atoms with E-state index in [1.807, 2.05) is 0 Å². The molecule has 0 atom stereocenters. The van der Waals surface area contributed by atoms with Crippen molar-refractivity contribution in [2.75, 3.05) is 0 Å². The maximum atomic E-state index is 12.4. The van der Waals surface area contributed by atoms with E-state index in [1.54, 1.807) is 0 Å². The molecule has 132 valence electrons. The van der Waals surface area contributed by atoms with Crippen molar-refractivity contribution in [1.29, 1.82) is 0 Å². The molecule has 0 aromatic heterocycles. The van der Waals surface area contributed by atoms with Crippen LogP contribution in [0.5, 0.6) is 0 Å². The van der Waals surface area contributed by atoms with Crippen LogP contribution >= 0.6 is 0 Å². The Balaban J connectivity index is 1.59. The summed E-state index contributed by atoms with van der Waals surface area (Å²) in [5.74, 6) is -0.294. The van der Waals surface area contributed by atoms with Crippen molar-refractivity contribution in [3.8, 4) is 0 Å². The van der Waals surface area contributed by atoms with Crippen LogP contribution < -0.4 is 16.0 Å². The Morgan fingerprint density at radius 1 is 1.24 bits per heavy atom. The summed E-state index contributed by atoms with van der Waals surface area (Å²) < 4.78 is 0. The van der Waals surface area contributed by atoms with E-state index >= 15 is 0 Å². The average molecular weight is 341 g/mol. The van der Waals surface area contributed by atoms with Crippen molar-refractivity contribution in [1.82, 2.24) is 16.0 Å². The van der Waals surface area contributed by atoms with Crippen molar-refractivity contribution >= 4 is 11.9 Å². The standard InChI is InChI=1S/C19H23N3O3/c1-11-4-3-5-14(10-11)13-6-8-15(9-7-13)21-18(24)16-17(23)12(2)20-19(25)22-16/h3-5,10,13,15,23H,2,6-9H2,1H3,(H,21,24)(H2,20,22,25). The van der Waals surface area contributed by atoms with Gasteiger partial charge in [0.05, 0.1) is 5.70 Å². The molecule has 1 aliphatic heterocycles. The second kappa shape index (κ2) is 7.01. The SMILES string of the molecule is C=C1NC(=O)NC(C(=O)NC2CCC(c3cccc(C)c3)CC2)=C1O. The van der Waals surface area contributed by atoms with Gasteiger partial charge in [0, 0.05) is 6.04 Å². The first kappa shape index (κ1) is 17.1. The van der Waals surface area contributed by atoms with Gasteiger partial charge in [-0.15, -0.1) is 0 Å². The molecule has 1 aromatic rings. The Kier molecular flexibility index (Phi) is 4.79. The van der Waals surface area contributed by atoms with E-state index in [4.69, 9.17) is 0 Å². The van der Waals surface area contributed by atoms with Crippen LogP contribution in [0.3, 0.4) is 0 Å². The molecule has 1 aliphatic carbocycles. The fraction of sp³-hybridized carbons (Fsp3) is 0.368. The van der Waals surface area contributed by atoms with Crippen molar-refractivity contribution in [2.24, 2.45) is 0 Å². The highest BCUT2D eigenvalue weighted by atomic mass is 16.3. The van der Waals surface area contributed by atoms with Gasteiger partial charge in [0.2, 0.25) is 0 Å². The molecule has 0 spiro atoms. The minimum atomic E-state index is -0.573. The van der Waals surface area contributed by atoms with Crippen LogP contribution in [0, 0.1) is 6.92 Å². The monoisotopic (exact) mass is 341 g/mol. The highest BCUT2D eigenvalue weighted by Gasteiger charge is 2.29. The predicted octanol–water partition coefficient (Wildman–Crippen LogP) is 2.73. The summed E-state index contributed by atoms with van der Waals surface area (Å²) in [6.45, 7) is 5.61. The van der Waals surface area contributed by atoms with Gasteiger partial charge < -0.3 is 15.7 Å². The quantitative estimate of drug-likeness (QED) is 0.681. The molecular formula is C19H23N3O3. The first-order chi connectivity index (χ1) is 11.9. The van der Waals surface area contributed by atoms with Gasteiger partial charge in [0.25, 0.3) is 5.91 Å². The number of aryl methyl sites for hydroxylation is 1. The van der Waals surface area contributed by atoms with E-state index in [9.17, 15) is 14.7 Å². The fourth-order valence-corrected chi connectivity index (χ4v) is 3.47. The Bertz CT molecular complexity index is 746. The predicted molar refractivity (Wildman–Crippen MR) is 94.8 cm³/mol. The second-order valence-corrected chi connectivity index (χ2v) is 6.72. The zero-order valence-corrected chi connectivity index (χ0v) is 14.3. The topological polar surface area (TPSA) is 90.5 Å². The molecule has 0 saturated heterocycles. The summed E-state index contributed by atoms with van der Waals surface area (Å²) in [7, 11) is 0. The van der Waals surface area contributed by atoms with Crippen LogP contribution in [0.15, 0.2) is 48.0 Å². The minimum absolute atomic E-state index is 0.0251. The van der Waals surface area contributed by atoms with Crippen molar-refractivity contribution in [3.05, 3.63) is 59.1 Å². The lowest BCUT2D eigenvalue weighted by Gasteiger charge is -2.30. The van der Waals surface area contributed by atoms with E-state index in [0.717, 1.165) is 25.7 Å². The molecule has 1 fully saturated rings. The molecule has 6 heteroatoms. The summed E-state index contributed by atoms with van der Waals surface area (Å²) in [6.07, 6.45) is 3.73. The van der Waals surface area contributed by atoms with Gasteiger partial charge in [-0.3, -0.25) is 10.1 Å². The molecule has 25 heavy (non-hydrogen) atoms. The van der Waals surface area contributed by atoms with E-state index in [-0.39, 0.29) is 23.2 Å². The molecule has 6 nitrogen and oxygen atoms in total. The average Bonchev–Trinajstić information content (AvgIpc) is 2.58. The van der Waals surface area contributed by atoms with Crippen LogP contribution in [0.25, 0.3) is 0 Å². The highest BCUT2D eigenvalue weighted by molar-refractivity contribution is 6.00. The number of urea groups is 1. The molecule has 1 heterocycles. The Morgan fingerprint density at radius 2 is 1.96 bits per heavy atom. The maximum Gasteiger partial charge on any atom is 0.324 e. The minimum Gasteiger partial charge on any atom is -0.504 e. The third-order valence-electron chi connectivity index (χ3n) is 4.83. The van der Waals surface area contributed by atoms with Crippen LogP contribution in [-0.2, 0) is 4.79 Å². The number of rotatable bonds is 3. The van der Waals surface area contributed by atoms with E-state index in [2.05, 4.69) is 53.7 Å². The lowest BCUT2D eigenvalue weighted by molar-refractivity contribution is -0.118. The summed E-state index contributed by atoms with van der Waals surface area (Å²) in [5, 5.41) is 17.5. The summed E-state index contributed by atoms with van der Waals surface area (Å²) in [6, 6.07) is 8.03. The number of aliphatic hydroxyl groups is 1. The third-order valence-corrected chi connectivity index (χ3v) is 4.83. The molecule has 0 bridgehead atoms. The second-order valence-electron chi connectivity index (χ2n) is 6.72. The van der Waals surface area contributed by atoms with E-state index < -0.39 is 11.9 Å². The number of amides is 3. The first-order valence-corrected chi connectivity index (χ1v) is 8.52. The smallest absolute Gasteiger partial charge is 0.324 e. The number of nitrogens with one attached hydrogen (secondary N) is 3.